The van der Waals surface area contributed by atoms with Gasteiger partial charge in [0, 0.05) is 19.2 Å². The predicted octanol–water partition coefficient (Wildman–Crippen LogP) is 2.32. The third-order valence-electron chi connectivity index (χ3n) is 4.61. The molecule has 3 rings (SSSR count). The summed E-state index contributed by atoms with van der Waals surface area (Å²) in [6.45, 7) is 1.40. The number of amides is 1. The molecule has 0 spiro atoms. The largest absolute Gasteiger partial charge is 0.486 e. The van der Waals surface area contributed by atoms with Crippen LogP contribution in [-0.4, -0.2) is 54.6 Å². The molecule has 0 aromatic heterocycles. The van der Waals surface area contributed by atoms with Crippen LogP contribution in [0.25, 0.3) is 0 Å². The summed E-state index contributed by atoms with van der Waals surface area (Å²) < 4.78 is 15.7. The van der Waals surface area contributed by atoms with Crippen LogP contribution in [0.2, 0.25) is 0 Å². The fraction of sp³-hybridized carbons (Fsp3) is 0.556. The molecule has 1 saturated heterocycles. The van der Waals surface area contributed by atoms with Gasteiger partial charge in [-0.05, 0) is 12.8 Å². The molecule has 1 amide bonds. The molecule has 1 aromatic carbocycles. The molecule has 146 valence electrons. The van der Waals surface area contributed by atoms with Gasteiger partial charge < -0.3 is 19.1 Å². The number of rotatable bonds is 4. The molecule has 9 nitrogen and oxygen atoms in total. The molecule has 2 aliphatic heterocycles. The third kappa shape index (κ3) is 4.66. The van der Waals surface area contributed by atoms with Gasteiger partial charge in [0.2, 0.25) is 0 Å². The van der Waals surface area contributed by atoms with E-state index in [0.717, 1.165) is 31.7 Å². The van der Waals surface area contributed by atoms with E-state index in [0.29, 0.717) is 13.1 Å². The summed E-state index contributed by atoms with van der Waals surface area (Å²) in [6, 6.07) is 2.38. The zero-order chi connectivity index (χ0) is 19.2. The lowest BCUT2D eigenvalue weighted by atomic mass is 10.1. The van der Waals surface area contributed by atoms with Crippen molar-refractivity contribution in [3.8, 4) is 11.5 Å². The van der Waals surface area contributed by atoms with Crippen LogP contribution in [0.4, 0.5) is 5.69 Å². The molecule has 27 heavy (non-hydrogen) atoms. The third-order valence-corrected chi connectivity index (χ3v) is 4.61. The van der Waals surface area contributed by atoms with Crippen LogP contribution >= 0.6 is 0 Å². The van der Waals surface area contributed by atoms with Crippen molar-refractivity contribution in [2.45, 2.75) is 32.1 Å². The van der Waals surface area contributed by atoms with E-state index in [9.17, 15) is 19.7 Å². The highest BCUT2D eigenvalue weighted by atomic mass is 16.6. The van der Waals surface area contributed by atoms with E-state index in [1.54, 1.807) is 4.90 Å². The normalized spacial score (nSPS) is 16.8. The molecule has 0 N–H and O–H groups in total. The summed E-state index contributed by atoms with van der Waals surface area (Å²) in [5, 5.41) is 11.3. The summed E-state index contributed by atoms with van der Waals surface area (Å²) in [4.78, 5) is 37.0. The summed E-state index contributed by atoms with van der Waals surface area (Å²) >= 11 is 0. The zero-order valence-corrected chi connectivity index (χ0v) is 15.0. The van der Waals surface area contributed by atoms with E-state index in [4.69, 9.17) is 14.2 Å². The molecular weight excluding hydrogens is 356 g/mol. The Hall–Kier alpha value is -2.84. The topological polar surface area (TPSA) is 108 Å². The van der Waals surface area contributed by atoms with Crippen LogP contribution < -0.4 is 9.47 Å². The van der Waals surface area contributed by atoms with Gasteiger partial charge in [0.05, 0.1) is 11.0 Å². The van der Waals surface area contributed by atoms with Gasteiger partial charge in [-0.3, -0.25) is 14.9 Å². The van der Waals surface area contributed by atoms with Gasteiger partial charge in [0.1, 0.15) is 18.8 Å². The Morgan fingerprint density at radius 1 is 1.04 bits per heavy atom. The number of hydrogen-bond donors (Lipinski definition) is 0. The smallest absolute Gasteiger partial charge is 0.345 e. The van der Waals surface area contributed by atoms with Crippen LogP contribution in [0, 0.1) is 10.1 Å². The van der Waals surface area contributed by atoms with Crippen LogP contribution in [-0.2, 0) is 9.53 Å². The SMILES string of the molecule is O=C(OCC(=O)N1CCCCCCC1)c1cc2c(cc1[N+](=O)[O-])OCCO2. The van der Waals surface area contributed by atoms with Gasteiger partial charge in [-0.2, -0.15) is 0 Å². The molecule has 0 saturated carbocycles. The molecule has 1 aromatic rings. The average molecular weight is 378 g/mol. The van der Waals surface area contributed by atoms with Crippen molar-refractivity contribution in [2.24, 2.45) is 0 Å². The molecule has 0 aliphatic carbocycles. The number of nitro benzene ring substituents is 1. The van der Waals surface area contributed by atoms with Crippen LogP contribution in [0.1, 0.15) is 42.5 Å². The quantitative estimate of drug-likeness (QED) is 0.449. The van der Waals surface area contributed by atoms with E-state index in [1.807, 2.05) is 0 Å². The number of carbonyl (C=O) groups is 2. The number of ether oxygens (including phenoxy) is 3. The van der Waals surface area contributed by atoms with Crippen molar-refractivity contribution in [2.75, 3.05) is 32.9 Å². The molecule has 1 fully saturated rings. The van der Waals surface area contributed by atoms with E-state index >= 15 is 0 Å². The van der Waals surface area contributed by atoms with Crippen LogP contribution in [0.3, 0.4) is 0 Å². The molecule has 0 atom stereocenters. The summed E-state index contributed by atoms with van der Waals surface area (Å²) in [7, 11) is 0. The number of esters is 1. The van der Waals surface area contributed by atoms with Gasteiger partial charge in [-0.1, -0.05) is 19.3 Å². The fourth-order valence-electron chi connectivity index (χ4n) is 3.19. The van der Waals surface area contributed by atoms with Crippen molar-refractivity contribution < 1.29 is 28.7 Å². The van der Waals surface area contributed by atoms with E-state index in [1.165, 1.54) is 12.5 Å². The maximum absolute atomic E-state index is 12.4. The van der Waals surface area contributed by atoms with Crippen molar-refractivity contribution in [3.05, 3.63) is 27.8 Å². The van der Waals surface area contributed by atoms with E-state index < -0.39 is 23.2 Å². The van der Waals surface area contributed by atoms with Crippen molar-refractivity contribution in [1.29, 1.82) is 0 Å². The zero-order valence-electron chi connectivity index (χ0n) is 15.0. The maximum atomic E-state index is 12.4. The number of likely N-dealkylation sites (tertiary alicyclic amines) is 1. The Balaban J connectivity index is 1.68. The summed E-state index contributed by atoms with van der Waals surface area (Å²) in [5.41, 5.74) is -0.701. The Kier molecular flexibility index (Phi) is 6.10. The number of nitro groups is 1. The molecular formula is C18H22N2O7. The van der Waals surface area contributed by atoms with Crippen molar-refractivity contribution >= 4 is 17.6 Å². The molecule has 2 heterocycles. The molecule has 0 unspecified atom stereocenters. The lowest BCUT2D eigenvalue weighted by molar-refractivity contribution is -0.385. The number of carbonyl (C=O) groups excluding carboxylic acids is 2. The average Bonchev–Trinajstić information content (AvgIpc) is 2.64. The molecule has 2 aliphatic rings. The first-order valence-corrected chi connectivity index (χ1v) is 9.09. The molecule has 0 radical (unpaired) electrons. The van der Waals surface area contributed by atoms with E-state index in [-0.39, 0.29) is 36.2 Å². The lowest BCUT2D eigenvalue weighted by Crippen LogP contribution is -2.37. The van der Waals surface area contributed by atoms with Crippen LogP contribution in [0.5, 0.6) is 11.5 Å². The maximum Gasteiger partial charge on any atom is 0.345 e. The van der Waals surface area contributed by atoms with Crippen molar-refractivity contribution in [1.82, 2.24) is 4.90 Å². The van der Waals surface area contributed by atoms with Gasteiger partial charge >= 0.3 is 5.97 Å². The first-order chi connectivity index (χ1) is 13.1. The highest BCUT2D eigenvalue weighted by Crippen LogP contribution is 2.36. The minimum atomic E-state index is -0.931. The number of nitrogens with zero attached hydrogens (tertiary/aromatic N) is 2. The van der Waals surface area contributed by atoms with E-state index in [2.05, 4.69) is 0 Å². The second-order valence-electron chi connectivity index (χ2n) is 6.49. The summed E-state index contributed by atoms with van der Waals surface area (Å²) in [5.74, 6) is -0.764. The number of hydrogen-bond acceptors (Lipinski definition) is 7. The van der Waals surface area contributed by atoms with Gasteiger partial charge in [0.25, 0.3) is 11.6 Å². The van der Waals surface area contributed by atoms with Gasteiger partial charge in [-0.25, -0.2) is 4.79 Å². The predicted molar refractivity (Wildman–Crippen MR) is 94.0 cm³/mol. The second kappa shape index (κ2) is 8.70. The number of fused-ring (bicyclic) bond motifs is 1. The summed E-state index contributed by atoms with van der Waals surface area (Å²) in [6.07, 6.45) is 5.17. The Labute approximate surface area is 156 Å². The fourth-order valence-corrected chi connectivity index (χ4v) is 3.19. The first kappa shape index (κ1) is 18.9. The van der Waals surface area contributed by atoms with Crippen LogP contribution in [0.15, 0.2) is 12.1 Å². The minimum Gasteiger partial charge on any atom is -0.486 e. The highest BCUT2D eigenvalue weighted by Gasteiger charge is 2.28. The Bertz CT molecular complexity index is 727. The minimum absolute atomic E-state index is 0.209. The van der Waals surface area contributed by atoms with Crippen molar-refractivity contribution in [3.63, 3.8) is 0 Å². The van der Waals surface area contributed by atoms with Gasteiger partial charge in [-0.15, -0.1) is 0 Å². The highest BCUT2D eigenvalue weighted by molar-refractivity contribution is 5.96. The Morgan fingerprint density at radius 3 is 2.26 bits per heavy atom. The van der Waals surface area contributed by atoms with Gasteiger partial charge in [0.15, 0.2) is 18.1 Å². The lowest BCUT2D eigenvalue weighted by Gasteiger charge is -2.24. The molecule has 9 heteroatoms. The monoisotopic (exact) mass is 378 g/mol. The second-order valence-corrected chi connectivity index (χ2v) is 6.49. The first-order valence-electron chi connectivity index (χ1n) is 9.09. The number of benzene rings is 1. The Morgan fingerprint density at radius 2 is 1.63 bits per heavy atom. The standard InChI is InChI=1S/C18H22N2O7/c21-17(19-6-4-2-1-3-5-7-19)12-27-18(22)13-10-15-16(26-9-8-25-15)11-14(13)20(23)24/h10-11H,1-9,12H2. The molecule has 0 bridgehead atoms.